The first-order valence-corrected chi connectivity index (χ1v) is 8.67. The van der Waals surface area contributed by atoms with Gasteiger partial charge >= 0.3 is 0 Å². The van der Waals surface area contributed by atoms with Crippen LogP contribution in [0.25, 0.3) is 10.7 Å². The molecule has 3 nitrogen and oxygen atoms in total. The largest absolute Gasteiger partial charge is 0.306 e. The summed E-state index contributed by atoms with van der Waals surface area (Å²) in [6.07, 6.45) is 3.82. The number of nitrogens with zero attached hydrogens (tertiary/aromatic N) is 2. The van der Waals surface area contributed by atoms with Gasteiger partial charge in [0.25, 0.3) is 0 Å². The molecule has 4 heteroatoms. The number of benzene rings is 1. The molecule has 0 aliphatic rings. The Morgan fingerprint density at radius 1 is 1.04 bits per heavy atom. The van der Waals surface area contributed by atoms with E-state index in [0.29, 0.717) is 6.04 Å². The normalized spacial score (nSPS) is 12.3. The Bertz CT molecular complexity index is 744. The molecule has 0 spiro atoms. The molecule has 23 heavy (non-hydrogen) atoms. The lowest BCUT2D eigenvalue weighted by Gasteiger charge is -2.19. The molecule has 0 saturated heterocycles. The first kappa shape index (κ1) is 15.8. The van der Waals surface area contributed by atoms with E-state index in [9.17, 15) is 0 Å². The summed E-state index contributed by atoms with van der Waals surface area (Å²) in [4.78, 5) is 10.0. The topological polar surface area (TPSA) is 37.8 Å². The minimum absolute atomic E-state index is 0.299. The van der Waals surface area contributed by atoms with Gasteiger partial charge in [-0.2, -0.15) is 0 Å². The molecule has 1 aromatic carbocycles. The van der Waals surface area contributed by atoms with Crippen molar-refractivity contribution in [3.63, 3.8) is 0 Å². The Balaban J connectivity index is 1.66. The average Bonchev–Trinajstić information content (AvgIpc) is 3.08. The summed E-state index contributed by atoms with van der Waals surface area (Å²) < 4.78 is 0. The smallest absolute Gasteiger partial charge is 0.169 e. The fraction of sp³-hybridized carbons (Fsp3) is 0.263. The number of hydrogen-bond donors (Lipinski definition) is 1. The molecule has 1 atom stereocenters. The second-order valence-corrected chi connectivity index (χ2v) is 6.75. The van der Waals surface area contributed by atoms with Crippen LogP contribution in [0, 0.1) is 13.8 Å². The SMILES string of the molecule is Cc1cccc(C)c1C(C)NCc1cnc(-c2cccs2)nc1. The van der Waals surface area contributed by atoms with Gasteiger partial charge in [-0.3, -0.25) is 0 Å². The van der Waals surface area contributed by atoms with E-state index < -0.39 is 0 Å². The van der Waals surface area contributed by atoms with Crippen molar-refractivity contribution in [2.24, 2.45) is 0 Å². The summed E-state index contributed by atoms with van der Waals surface area (Å²) in [5.41, 5.74) is 5.13. The molecule has 0 aliphatic carbocycles. The lowest BCUT2D eigenvalue weighted by molar-refractivity contribution is 0.568. The lowest BCUT2D eigenvalue weighted by Crippen LogP contribution is -2.20. The van der Waals surface area contributed by atoms with Crippen LogP contribution in [0.3, 0.4) is 0 Å². The molecule has 0 fully saturated rings. The van der Waals surface area contributed by atoms with Crippen LogP contribution < -0.4 is 5.32 Å². The van der Waals surface area contributed by atoms with Crippen molar-refractivity contribution in [2.45, 2.75) is 33.4 Å². The summed E-state index contributed by atoms with van der Waals surface area (Å²) in [6, 6.07) is 10.8. The zero-order valence-corrected chi connectivity index (χ0v) is 14.5. The van der Waals surface area contributed by atoms with Crippen molar-refractivity contribution in [3.8, 4) is 10.7 Å². The summed E-state index contributed by atoms with van der Waals surface area (Å²) in [6.45, 7) is 7.30. The summed E-state index contributed by atoms with van der Waals surface area (Å²) in [5.74, 6) is 0.798. The predicted octanol–water partition coefficient (Wildman–Crippen LogP) is 4.67. The minimum Gasteiger partial charge on any atom is -0.306 e. The van der Waals surface area contributed by atoms with Crippen molar-refractivity contribution in [1.29, 1.82) is 0 Å². The Morgan fingerprint density at radius 3 is 2.35 bits per heavy atom. The molecule has 118 valence electrons. The van der Waals surface area contributed by atoms with Gasteiger partial charge in [0.2, 0.25) is 0 Å². The Labute approximate surface area is 141 Å². The highest BCUT2D eigenvalue weighted by Crippen LogP contribution is 2.22. The molecule has 0 amide bonds. The van der Waals surface area contributed by atoms with E-state index in [-0.39, 0.29) is 0 Å². The number of rotatable bonds is 5. The van der Waals surface area contributed by atoms with Crippen molar-refractivity contribution in [1.82, 2.24) is 15.3 Å². The molecular formula is C19H21N3S. The van der Waals surface area contributed by atoms with Crippen molar-refractivity contribution in [2.75, 3.05) is 0 Å². The molecular weight excluding hydrogens is 302 g/mol. The summed E-state index contributed by atoms with van der Waals surface area (Å²) >= 11 is 1.66. The Morgan fingerprint density at radius 2 is 1.74 bits per heavy atom. The highest BCUT2D eigenvalue weighted by molar-refractivity contribution is 7.13. The third kappa shape index (κ3) is 3.66. The number of aromatic nitrogens is 2. The summed E-state index contributed by atoms with van der Waals surface area (Å²) in [7, 11) is 0. The van der Waals surface area contributed by atoms with Crippen LogP contribution in [0.1, 0.15) is 35.2 Å². The van der Waals surface area contributed by atoms with Crippen LogP contribution in [0.2, 0.25) is 0 Å². The van der Waals surface area contributed by atoms with Gasteiger partial charge in [0.1, 0.15) is 0 Å². The highest BCUT2D eigenvalue weighted by Gasteiger charge is 2.11. The third-order valence-corrected chi connectivity index (χ3v) is 4.90. The molecule has 3 rings (SSSR count). The molecule has 0 radical (unpaired) electrons. The number of nitrogens with one attached hydrogen (secondary N) is 1. The monoisotopic (exact) mass is 323 g/mol. The van der Waals surface area contributed by atoms with E-state index in [0.717, 1.165) is 22.8 Å². The van der Waals surface area contributed by atoms with Gasteiger partial charge in [0, 0.05) is 30.5 Å². The predicted molar refractivity (Wildman–Crippen MR) is 96.5 cm³/mol. The fourth-order valence-corrected chi connectivity index (χ4v) is 3.53. The number of aryl methyl sites for hydroxylation is 2. The van der Waals surface area contributed by atoms with Crippen molar-refractivity contribution >= 4 is 11.3 Å². The van der Waals surface area contributed by atoms with Crippen LogP contribution in [0.15, 0.2) is 48.1 Å². The van der Waals surface area contributed by atoms with Crippen LogP contribution >= 0.6 is 11.3 Å². The summed E-state index contributed by atoms with van der Waals surface area (Å²) in [5, 5.41) is 5.62. The van der Waals surface area contributed by atoms with E-state index in [2.05, 4.69) is 54.3 Å². The zero-order valence-electron chi connectivity index (χ0n) is 13.7. The maximum absolute atomic E-state index is 4.47. The van der Waals surface area contributed by atoms with E-state index in [1.807, 2.05) is 29.9 Å². The maximum atomic E-state index is 4.47. The molecule has 0 bridgehead atoms. The van der Waals surface area contributed by atoms with E-state index in [1.54, 1.807) is 11.3 Å². The van der Waals surface area contributed by atoms with Gasteiger partial charge in [0.05, 0.1) is 4.88 Å². The van der Waals surface area contributed by atoms with Gasteiger partial charge < -0.3 is 5.32 Å². The van der Waals surface area contributed by atoms with E-state index in [1.165, 1.54) is 16.7 Å². The lowest BCUT2D eigenvalue weighted by atomic mass is 9.97. The molecule has 2 aromatic heterocycles. The van der Waals surface area contributed by atoms with Gasteiger partial charge in [0.15, 0.2) is 5.82 Å². The second-order valence-electron chi connectivity index (χ2n) is 5.80. The first-order valence-electron chi connectivity index (χ1n) is 7.79. The first-order chi connectivity index (χ1) is 11.1. The van der Waals surface area contributed by atoms with Gasteiger partial charge in [-0.15, -0.1) is 11.3 Å². The van der Waals surface area contributed by atoms with Crippen LogP contribution in [0.4, 0.5) is 0 Å². The second kappa shape index (κ2) is 7.02. The van der Waals surface area contributed by atoms with Gasteiger partial charge in [-0.25, -0.2) is 9.97 Å². The Kier molecular flexibility index (Phi) is 4.84. The third-order valence-electron chi connectivity index (χ3n) is 4.03. The van der Waals surface area contributed by atoms with Crippen molar-refractivity contribution in [3.05, 3.63) is 70.4 Å². The van der Waals surface area contributed by atoms with E-state index in [4.69, 9.17) is 0 Å². The molecule has 1 unspecified atom stereocenters. The number of hydrogen-bond acceptors (Lipinski definition) is 4. The van der Waals surface area contributed by atoms with E-state index >= 15 is 0 Å². The quantitative estimate of drug-likeness (QED) is 0.741. The van der Waals surface area contributed by atoms with Gasteiger partial charge in [-0.1, -0.05) is 24.3 Å². The highest BCUT2D eigenvalue weighted by atomic mass is 32.1. The van der Waals surface area contributed by atoms with Crippen LogP contribution in [-0.2, 0) is 6.54 Å². The number of thiophene rings is 1. The average molecular weight is 323 g/mol. The minimum atomic E-state index is 0.299. The fourth-order valence-electron chi connectivity index (χ4n) is 2.86. The molecule has 3 aromatic rings. The van der Waals surface area contributed by atoms with Gasteiger partial charge in [-0.05, 0) is 48.9 Å². The molecule has 1 N–H and O–H groups in total. The maximum Gasteiger partial charge on any atom is 0.169 e. The standard InChI is InChI=1S/C19H21N3S/c1-13-6-4-7-14(2)18(13)15(3)20-10-16-11-21-19(22-12-16)17-8-5-9-23-17/h4-9,11-12,15,20H,10H2,1-3H3. The molecule has 0 saturated carbocycles. The van der Waals surface area contributed by atoms with Crippen LogP contribution in [0.5, 0.6) is 0 Å². The Hall–Kier alpha value is -2.04. The zero-order chi connectivity index (χ0) is 16.2. The van der Waals surface area contributed by atoms with Crippen molar-refractivity contribution < 1.29 is 0 Å². The molecule has 0 aliphatic heterocycles. The molecule has 2 heterocycles. The van der Waals surface area contributed by atoms with Crippen LogP contribution in [-0.4, -0.2) is 9.97 Å².